The van der Waals surface area contributed by atoms with E-state index in [0.717, 1.165) is 94.3 Å². The first-order valence-corrected chi connectivity index (χ1v) is 46.0. The Morgan fingerprint density at radius 3 is 0.722 bits per heavy atom. The smallest absolute Gasteiger partial charge is 0.503 e. The van der Waals surface area contributed by atoms with Gasteiger partial charge in [-0.25, -0.2) is 8.63 Å². The lowest BCUT2D eigenvalue weighted by atomic mass is 10.1. The van der Waals surface area contributed by atoms with E-state index in [1.807, 2.05) is 36.4 Å². The van der Waals surface area contributed by atoms with Gasteiger partial charge in [-0.3, -0.25) is 4.79 Å². The number of hydrogen-bond donors (Lipinski definition) is 2. The number of carbonyl (C=O) groups is 1. The number of aromatic amines is 2. The molecule has 2 heterocycles. The quantitative estimate of drug-likeness (QED) is 0.0148. The zero-order valence-corrected chi connectivity index (χ0v) is 70.5. The van der Waals surface area contributed by atoms with Crippen LogP contribution >= 0.6 is 0 Å². The molecule has 0 saturated carbocycles. The van der Waals surface area contributed by atoms with Gasteiger partial charge in [0.1, 0.15) is 5.76 Å². The molecule has 0 atom stereocenters. The van der Waals surface area contributed by atoms with Gasteiger partial charge in [-0.2, -0.15) is 0 Å². The monoisotopic (exact) mass is 1510 g/mol. The van der Waals surface area contributed by atoms with Crippen molar-refractivity contribution in [2.45, 2.75) is 427 Å². The molecule has 0 unspecified atom stereocenters. The highest BCUT2D eigenvalue weighted by Gasteiger charge is 2.25. The summed E-state index contributed by atoms with van der Waals surface area (Å²) >= 11 is 0. The van der Waals surface area contributed by atoms with Crippen LogP contribution in [0.5, 0.6) is 34.5 Å². The lowest BCUT2D eigenvalue weighted by Gasteiger charge is -2.19. The van der Waals surface area contributed by atoms with Crippen LogP contribution in [-0.2, 0) is 4.65 Å². The third kappa shape index (κ3) is 46.7. The van der Waals surface area contributed by atoms with Gasteiger partial charge in [-0.15, -0.1) is 0 Å². The van der Waals surface area contributed by atoms with Crippen molar-refractivity contribution in [3.63, 3.8) is 0 Å². The molecular weight excluding hydrogens is 1350 g/mol. The zero-order valence-electron chi connectivity index (χ0n) is 70.5. The average Bonchev–Trinajstić information content (AvgIpc) is 1.49. The van der Waals surface area contributed by atoms with Crippen LogP contribution in [0.1, 0.15) is 443 Å². The van der Waals surface area contributed by atoms with Crippen molar-refractivity contribution < 1.29 is 46.5 Å². The first-order valence-electron chi connectivity index (χ1n) is 46.0. The van der Waals surface area contributed by atoms with Crippen LogP contribution in [-0.4, -0.2) is 62.9 Å². The molecule has 2 aromatic heterocycles. The number of aromatic nitrogens is 2. The molecule has 13 heteroatoms. The van der Waals surface area contributed by atoms with E-state index in [0.29, 0.717) is 85.5 Å². The van der Waals surface area contributed by atoms with Crippen LogP contribution in [0.15, 0.2) is 54.6 Å². The molecule has 0 spiro atoms. The van der Waals surface area contributed by atoms with E-state index in [-0.39, 0.29) is 17.1 Å². The van der Waals surface area contributed by atoms with Gasteiger partial charge in [0.05, 0.1) is 51.0 Å². The van der Waals surface area contributed by atoms with Crippen molar-refractivity contribution in [2.75, 3.05) is 39.6 Å². The highest BCUT2D eigenvalue weighted by atomic mass is 19.2. The summed E-state index contributed by atoms with van der Waals surface area (Å²) in [5.74, 6) is 2.90. The number of halogens is 2. The van der Waals surface area contributed by atoms with Crippen molar-refractivity contribution >= 4 is 19.0 Å². The first-order chi connectivity index (χ1) is 53.3. The third-order valence-electron chi connectivity index (χ3n) is 21.6. The Morgan fingerprint density at radius 2 is 0.491 bits per heavy atom. The standard InChI is InChI=1S/C95H161BF2N2O8/c1-7-13-19-25-31-37-43-49-55-61-71-102-90-77-82(78-91(103-72-62-56-50-44-38-32-26-20-14-8-2)94(90)106-75-65-59-53-47-41-35-29-23-17-11-5)84-67-69-86(99-84)88(101)81-89(108-96(97)98)87-70-68-85(100-87)83-79-92(104-73-63-57-51-45-39-33-27-21-15-9-3)95(107-76-66-60-54-48-42-36-30-24-18-12-6)93(80-83)105-74-64-58-52-46-40-34-28-22-16-10-4/h67-70,77-81,99-100H,7-66,71-76H2,1-6H3/b89-81-. The fraction of sp³-hybridized carbons (Fsp3) is 0.758. The van der Waals surface area contributed by atoms with E-state index in [1.165, 1.54) is 308 Å². The largest absolute Gasteiger partial charge is 0.796 e. The lowest BCUT2D eigenvalue weighted by molar-refractivity contribution is 0.104. The molecule has 10 nitrogen and oxygen atoms in total. The molecule has 0 aliphatic rings. The van der Waals surface area contributed by atoms with Crippen LogP contribution in [0.3, 0.4) is 0 Å². The maximum atomic E-state index is 14.7. The summed E-state index contributed by atoms with van der Waals surface area (Å²) < 4.78 is 75.0. The van der Waals surface area contributed by atoms with Gasteiger partial charge in [-0.05, 0) is 87.1 Å². The molecule has 0 radical (unpaired) electrons. The number of ether oxygens (including phenoxy) is 6. The lowest BCUT2D eigenvalue weighted by Crippen LogP contribution is -2.07. The van der Waals surface area contributed by atoms with E-state index >= 15 is 0 Å². The summed E-state index contributed by atoms with van der Waals surface area (Å²) in [7, 11) is -3.19. The molecule has 0 aliphatic heterocycles. The SMILES string of the molecule is CCCCCCCCCCCCOc1cc(-c2ccc(C(=O)/C=C(\OB(F)F)c3ccc(-c4cc(OCCCCCCCCCCCC)c(OCCCCCCCCCCCC)c(OCCCCCCCCCCCC)c4)[nH]3)[nH]2)cc(OCCCCCCCCCCCC)c1OCCCCCCCCCCCC. The Hall–Kier alpha value is -5.07. The number of allylic oxidation sites excluding steroid dienone is 1. The van der Waals surface area contributed by atoms with Crippen LogP contribution in [0, 0.1) is 0 Å². The van der Waals surface area contributed by atoms with Crippen molar-refractivity contribution in [3.05, 3.63) is 66.0 Å². The second-order valence-electron chi connectivity index (χ2n) is 31.6. The summed E-state index contributed by atoms with van der Waals surface area (Å²) in [4.78, 5) is 21.3. The molecule has 2 aromatic carbocycles. The minimum Gasteiger partial charge on any atom is -0.503 e. The van der Waals surface area contributed by atoms with Gasteiger partial charge in [0.25, 0.3) is 0 Å². The summed E-state index contributed by atoms with van der Waals surface area (Å²) in [5.41, 5.74) is 3.25. The first kappa shape index (κ1) is 95.3. The van der Waals surface area contributed by atoms with Gasteiger partial charge in [0, 0.05) is 28.6 Å². The Morgan fingerprint density at radius 1 is 0.287 bits per heavy atom. The highest BCUT2D eigenvalue weighted by Crippen LogP contribution is 2.45. The topological polar surface area (TPSA) is 113 Å². The van der Waals surface area contributed by atoms with Gasteiger partial charge >= 0.3 is 7.47 Å². The summed E-state index contributed by atoms with van der Waals surface area (Å²) in [6.07, 6.45) is 75.0. The zero-order chi connectivity index (χ0) is 77.1. The minimum absolute atomic E-state index is 0.218. The van der Waals surface area contributed by atoms with Gasteiger partial charge < -0.3 is 43.0 Å². The predicted molar refractivity (Wildman–Crippen MR) is 458 cm³/mol. The second kappa shape index (κ2) is 67.6. The number of rotatable bonds is 79. The molecular formula is C95H161BF2N2O8. The van der Waals surface area contributed by atoms with Crippen LogP contribution in [0.4, 0.5) is 8.63 Å². The molecule has 0 aliphatic carbocycles. The Kier molecular flexibility index (Phi) is 59.7. The van der Waals surface area contributed by atoms with Crippen LogP contribution < -0.4 is 28.4 Å². The molecule has 616 valence electrons. The fourth-order valence-electron chi connectivity index (χ4n) is 14.7. The third-order valence-corrected chi connectivity index (χ3v) is 21.6. The highest BCUT2D eigenvalue weighted by molar-refractivity contribution is 6.36. The number of ketones is 1. The molecule has 0 amide bonds. The van der Waals surface area contributed by atoms with Crippen LogP contribution in [0.25, 0.3) is 28.3 Å². The minimum atomic E-state index is -3.19. The number of nitrogens with one attached hydrogen (secondary N) is 2. The number of carbonyl (C=O) groups excluding carboxylic acids is 1. The molecule has 4 aromatic rings. The van der Waals surface area contributed by atoms with E-state index < -0.39 is 13.3 Å². The maximum absolute atomic E-state index is 14.7. The fourth-order valence-corrected chi connectivity index (χ4v) is 14.7. The van der Waals surface area contributed by atoms with E-state index in [2.05, 4.69) is 51.5 Å². The summed E-state index contributed by atoms with van der Waals surface area (Å²) in [6, 6.07) is 15.1. The van der Waals surface area contributed by atoms with Gasteiger partial charge in [0.15, 0.2) is 23.0 Å². The molecule has 0 fully saturated rings. The predicted octanol–water partition coefficient (Wildman–Crippen LogP) is 31.6. The number of hydrogen-bond acceptors (Lipinski definition) is 8. The normalized spacial score (nSPS) is 11.6. The Bertz CT molecular complexity index is 2670. The van der Waals surface area contributed by atoms with Crippen molar-refractivity contribution in [2.24, 2.45) is 0 Å². The summed E-state index contributed by atoms with van der Waals surface area (Å²) in [6.45, 7) is 16.9. The van der Waals surface area contributed by atoms with Crippen molar-refractivity contribution in [1.29, 1.82) is 0 Å². The number of benzene rings is 2. The van der Waals surface area contributed by atoms with E-state index in [4.69, 9.17) is 33.1 Å². The van der Waals surface area contributed by atoms with Gasteiger partial charge in [0.2, 0.25) is 17.3 Å². The van der Waals surface area contributed by atoms with E-state index in [1.54, 1.807) is 12.1 Å². The Labute approximate surface area is 661 Å². The van der Waals surface area contributed by atoms with Crippen molar-refractivity contribution in [1.82, 2.24) is 9.97 Å². The second-order valence-corrected chi connectivity index (χ2v) is 31.6. The molecule has 108 heavy (non-hydrogen) atoms. The maximum Gasteiger partial charge on any atom is 0.796 e. The number of H-pyrrole nitrogens is 2. The number of unbranched alkanes of at least 4 members (excludes halogenated alkanes) is 54. The molecule has 4 rings (SSSR count). The molecule has 0 saturated heterocycles. The van der Waals surface area contributed by atoms with Crippen molar-refractivity contribution in [3.8, 4) is 57.0 Å². The van der Waals surface area contributed by atoms with Gasteiger partial charge in [-0.1, -0.05) is 388 Å². The summed E-state index contributed by atoms with van der Waals surface area (Å²) in [5, 5.41) is 0. The molecule has 0 bridgehead atoms. The average molecular weight is 1510 g/mol. The van der Waals surface area contributed by atoms with E-state index in [9.17, 15) is 13.4 Å². The molecule has 2 N–H and O–H groups in total. The van der Waals surface area contributed by atoms with Crippen LogP contribution in [0.2, 0.25) is 0 Å². The Balaban J connectivity index is 1.65.